The number of anilines is 1. The van der Waals surface area contributed by atoms with E-state index in [1.54, 1.807) is 24.0 Å². The Morgan fingerprint density at radius 2 is 2.08 bits per heavy atom. The van der Waals surface area contributed by atoms with Gasteiger partial charge in [0, 0.05) is 13.0 Å². The molecule has 1 saturated heterocycles. The second-order valence-corrected chi connectivity index (χ2v) is 7.93. The predicted octanol–water partition coefficient (Wildman–Crippen LogP) is 2.78. The van der Waals surface area contributed by atoms with Gasteiger partial charge >= 0.3 is 6.03 Å². The van der Waals surface area contributed by atoms with Crippen molar-refractivity contribution in [3.63, 3.8) is 0 Å². The summed E-state index contributed by atoms with van der Waals surface area (Å²) in [6.07, 6.45) is 6.04. The summed E-state index contributed by atoms with van der Waals surface area (Å²) >= 11 is 1.63. The lowest BCUT2D eigenvalue weighted by atomic mass is 9.82. The Labute approximate surface area is 157 Å². The summed E-state index contributed by atoms with van der Waals surface area (Å²) in [7, 11) is 0. The molecule has 1 aliphatic carbocycles. The second-order valence-electron chi connectivity index (χ2n) is 6.65. The first kappa shape index (κ1) is 18.7. The molecule has 2 N–H and O–H groups in total. The van der Waals surface area contributed by atoms with Crippen LogP contribution in [0.3, 0.4) is 0 Å². The normalized spacial score (nSPS) is 18.9. The van der Waals surface area contributed by atoms with Crippen molar-refractivity contribution in [2.75, 3.05) is 17.6 Å². The van der Waals surface area contributed by atoms with Crippen LogP contribution in [-0.2, 0) is 9.59 Å². The highest BCUT2D eigenvalue weighted by Crippen LogP contribution is 2.33. The van der Waals surface area contributed by atoms with Crippen molar-refractivity contribution in [2.45, 2.75) is 56.0 Å². The van der Waals surface area contributed by atoms with Crippen LogP contribution in [0.5, 0.6) is 0 Å². The number of amides is 4. The predicted molar refractivity (Wildman–Crippen MR) is 99.9 cm³/mol. The van der Waals surface area contributed by atoms with E-state index in [9.17, 15) is 14.4 Å². The summed E-state index contributed by atoms with van der Waals surface area (Å²) in [5.74, 6) is 0.511. The minimum absolute atomic E-state index is 0.0701. The lowest BCUT2D eigenvalue weighted by Crippen LogP contribution is -2.48. The highest BCUT2D eigenvalue weighted by atomic mass is 32.2. The van der Waals surface area contributed by atoms with Crippen LogP contribution < -0.4 is 10.6 Å². The van der Waals surface area contributed by atoms with Gasteiger partial charge < -0.3 is 10.6 Å². The molecule has 0 radical (unpaired) electrons. The maximum absolute atomic E-state index is 12.7. The van der Waals surface area contributed by atoms with Gasteiger partial charge in [-0.05, 0) is 30.7 Å². The summed E-state index contributed by atoms with van der Waals surface area (Å²) in [4.78, 5) is 42.4. The Kier molecular flexibility index (Phi) is 5.80. The fourth-order valence-electron chi connectivity index (χ4n) is 3.50. The van der Waals surface area contributed by atoms with Crippen molar-refractivity contribution in [1.82, 2.24) is 15.2 Å². The first-order valence-electron chi connectivity index (χ1n) is 9.07. The summed E-state index contributed by atoms with van der Waals surface area (Å²) in [6.45, 7) is 2.14. The topological polar surface area (TPSA) is 91.4 Å². The number of hydrogen-bond donors (Lipinski definition) is 2. The molecule has 0 aromatic carbocycles. The zero-order valence-corrected chi connectivity index (χ0v) is 15.7. The van der Waals surface area contributed by atoms with Gasteiger partial charge in [0.1, 0.15) is 5.54 Å². The summed E-state index contributed by atoms with van der Waals surface area (Å²) < 4.78 is 0. The van der Waals surface area contributed by atoms with Gasteiger partial charge in [0.2, 0.25) is 5.91 Å². The lowest BCUT2D eigenvalue weighted by Gasteiger charge is -2.30. The highest BCUT2D eigenvalue weighted by molar-refractivity contribution is 7.99. The van der Waals surface area contributed by atoms with Crippen LogP contribution in [-0.4, -0.2) is 45.6 Å². The average Bonchev–Trinajstić information content (AvgIpc) is 2.85. The summed E-state index contributed by atoms with van der Waals surface area (Å²) in [6, 6.07) is 3.27. The van der Waals surface area contributed by atoms with Gasteiger partial charge in [-0.1, -0.05) is 26.2 Å². The molecule has 0 bridgehead atoms. The number of nitrogens with zero attached hydrogens (tertiary/aromatic N) is 2. The van der Waals surface area contributed by atoms with Crippen LogP contribution in [0.2, 0.25) is 0 Å². The standard InChI is InChI=1S/C18H24N4O3S/c1-2-26-15-7-6-13(12-19-15)20-14(23)8-11-22-16(24)18(21-17(22)25)9-4-3-5-10-18/h6-7,12H,2-5,8-11H2,1H3,(H,20,23)(H,21,25). The molecule has 3 rings (SSSR count). The minimum atomic E-state index is -0.734. The van der Waals surface area contributed by atoms with Gasteiger partial charge in [0.15, 0.2) is 0 Å². The Balaban J connectivity index is 1.52. The first-order chi connectivity index (χ1) is 12.5. The summed E-state index contributed by atoms with van der Waals surface area (Å²) in [5.41, 5.74) is -0.126. The molecular weight excluding hydrogens is 352 g/mol. The molecule has 2 heterocycles. The number of aromatic nitrogens is 1. The molecule has 1 aliphatic heterocycles. The van der Waals surface area contributed by atoms with Crippen LogP contribution in [0.15, 0.2) is 23.4 Å². The van der Waals surface area contributed by atoms with Crippen LogP contribution >= 0.6 is 11.8 Å². The maximum Gasteiger partial charge on any atom is 0.325 e. The van der Waals surface area contributed by atoms with Gasteiger partial charge in [-0.3, -0.25) is 14.5 Å². The number of carbonyl (C=O) groups excluding carboxylic acids is 3. The van der Waals surface area contributed by atoms with E-state index in [-0.39, 0.29) is 30.8 Å². The van der Waals surface area contributed by atoms with Gasteiger partial charge in [-0.15, -0.1) is 11.8 Å². The van der Waals surface area contributed by atoms with Crippen molar-refractivity contribution >= 4 is 35.3 Å². The number of thioether (sulfide) groups is 1. The van der Waals surface area contributed by atoms with E-state index in [0.717, 1.165) is 30.0 Å². The zero-order chi connectivity index (χ0) is 18.6. The van der Waals surface area contributed by atoms with Crippen LogP contribution in [0.25, 0.3) is 0 Å². The lowest BCUT2D eigenvalue weighted by molar-refractivity contribution is -0.132. The van der Waals surface area contributed by atoms with E-state index in [4.69, 9.17) is 0 Å². The van der Waals surface area contributed by atoms with Crippen molar-refractivity contribution in [3.05, 3.63) is 18.3 Å². The molecule has 1 aromatic heterocycles. The number of hydrogen-bond acceptors (Lipinski definition) is 5. The molecule has 1 aromatic rings. The molecule has 2 fully saturated rings. The third-order valence-corrected chi connectivity index (χ3v) is 5.65. The Morgan fingerprint density at radius 1 is 1.31 bits per heavy atom. The zero-order valence-electron chi connectivity index (χ0n) is 14.9. The van der Waals surface area contributed by atoms with E-state index >= 15 is 0 Å². The number of nitrogens with one attached hydrogen (secondary N) is 2. The Bertz CT molecular complexity index is 686. The van der Waals surface area contributed by atoms with Gasteiger partial charge in [-0.25, -0.2) is 9.78 Å². The third kappa shape index (κ3) is 4.00. The fraction of sp³-hybridized carbons (Fsp3) is 0.556. The number of carbonyl (C=O) groups is 3. The fourth-order valence-corrected chi connectivity index (χ4v) is 4.09. The maximum atomic E-state index is 12.7. The van der Waals surface area contributed by atoms with E-state index < -0.39 is 5.54 Å². The molecule has 8 heteroatoms. The van der Waals surface area contributed by atoms with E-state index in [1.807, 2.05) is 6.07 Å². The smallest absolute Gasteiger partial charge is 0.325 e. The van der Waals surface area contributed by atoms with E-state index in [1.165, 1.54) is 4.90 Å². The third-order valence-electron chi connectivity index (χ3n) is 4.83. The van der Waals surface area contributed by atoms with Crippen molar-refractivity contribution < 1.29 is 14.4 Å². The molecular formula is C18H24N4O3S. The highest BCUT2D eigenvalue weighted by Gasteiger charge is 2.50. The molecule has 7 nitrogen and oxygen atoms in total. The minimum Gasteiger partial charge on any atom is -0.325 e. The molecule has 1 saturated carbocycles. The van der Waals surface area contributed by atoms with Crippen LogP contribution in [0.1, 0.15) is 45.4 Å². The molecule has 1 spiro atoms. The second kappa shape index (κ2) is 8.07. The first-order valence-corrected chi connectivity index (χ1v) is 10.1. The molecule has 4 amide bonds. The monoisotopic (exact) mass is 376 g/mol. The molecule has 0 unspecified atom stereocenters. The number of pyridine rings is 1. The largest absolute Gasteiger partial charge is 0.325 e. The van der Waals surface area contributed by atoms with Crippen LogP contribution in [0, 0.1) is 0 Å². The number of urea groups is 1. The van der Waals surface area contributed by atoms with E-state index in [2.05, 4.69) is 22.5 Å². The van der Waals surface area contributed by atoms with Crippen molar-refractivity contribution in [2.24, 2.45) is 0 Å². The molecule has 0 atom stereocenters. The SMILES string of the molecule is CCSc1ccc(NC(=O)CCN2C(=O)NC3(CCCCC3)C2=O)cn1. The summed E-state index contributed by atoms with van der Waals surface area (Å²) in [5, 5.41) is 6.51. The van der Waals surface area contributed by atoms with Crippen molar-refractivity contribution in [3.8, 4) is 0 Å². The van der Waals surface area contributed by atoms with Gasteiger partial charge in [0.05, 0.1) is 16.9 Å². The van der Waals surface area contributed by atoms with Crippen molar-refractivity contribution in [1.29, 1.82) is 0 Å². The van der Waals surface area contributed by atoms with Gasteiger partial charge in [0.25, 0.3) is 5.91 Å². The van der Waals surface area contributed by atoms with Gasteiger partial charge in [-0.2, -0.15) is 0 Å². The Hall–Kier alpha value is -2.09. The number of rotatable bonds is 6. The molecule has 140 valence electrons. The van der Waals surface area contributed by atoms with Crippen LogP contribution in [0.4, 0.5) is 10.5 Å². The Morgan fingerprint density at radius 3 is 2.73 bits per heavy atom. The van der Waals surface area contributed by atoms with E-state index in [0.29, 0.717) is 18.5 Å². The molecule has 26 heavy (non-hydrogen) atoms. The average molecular weight is 376 g/mol. The quantitative estimate of drug-likeness (QED) is 0.588. The number of imide groups is 1. The molecule has 2 aliphatic rings.